The number of urea groups is 1. The van der Waals surface area contributed by atoms with Crippen LogP contribution in [0, 0.1) is 5.92 Å². The van der Waals surface area contributed by atoms with E-state index in [0.29, 0.717) is 0 Å². The van der Waals surface area contributed by atoms with Gasteiger partial charge in [0.1, 0.15) is 19.1 Å². The van der Waals surface area contributed by atoms with Gasteiger partial charge < -0.3 is 24.8 Å². The molecule has 21 heavy (non-hydrogen) atoms. The van der Waals surface area contributed by atoms with E-state index in [9.17, 15) is 19.2 Å². The normalized spacial score (nSPS) is 11.5. The summed E-state index contributed by atoms with van der Waals surface area (Å²) in [7, 11) is 2.26. The molecule has 0 saturated carbocycles. The first kappa shape index (κ1) is 18.7. The smallest absolute Gasteiger partial charge is 0.326 e. The van der Waals surface area contributed by atoms with E-state index in [-0.39, 0.29) is 5.92 Å². The molecular weight excluding hydrogens is 284 g/mol. The number of carbonyl (C=O) groups excluding carboxylic acids is 3. The third kappa shape index (κ3) is 6.59. The molecule has 0 rings (SSSR count). The number of hydrogen-bond acceptors (Lipinski definition) is 6. The van der Waals surface area contributed by atoms with Crippen molar-refractivity contribution in [3.05, 3.63) is 0 Å². The SMILES string of the molecule is COC(=O)CN(CC(=O)OC)C(=O)N[C@@H](C(=O)O)C(C)C. The number of carbonyl (C=O) groups is 4. The minimum absolute atomic E-state index is 0.371. The first-order valence-electron chi connectivity index (χ1n) is 6.14. The fourth-order valence-electron chi connectivity index (χ4n) is 1.38. The van der Waals surface area contributed by atoms with Gasteiger partial charge in [0, 0.05) is 0 Å². The lowest BCUT2D eigenvalue weighted by Crippen LogP contribution is -2.52. The minimum atomic E-state index is -1.21. The van der Waals surface area contributed by atoms with Crippen molar-refractivity contribution in [2.45, 2.75) is 19.9 Å². The van der Waals surface area contributed by atoms with Gasteiger partial charge in [-0.25, -0.2) is 9.59 Å². The number of ether oxygens (including phenoxy) is 2. The van der Waals surface area contributed by atoms with E-state index in [4.69, 9.17) is 5.11 Å². The lowest BCUT2D eigenvalue weighted by molar-refractivity contribution is -0.144. The van der Waals surface area contributed by atoms with Gasteiger partial charge in [-0.2, -0.15) is 0 Å². The number of nitrogens with one attached hydrogen (secondary N) is 1. The van der Waals surface area contributed by atoms with Crippen molar-refractivity contribution < 1.29 is 33.8 Å². The molecule has 2 N–H and O–H groups in total. The molecular formula is C12H20N2O7. The molecule has 9 nitrogen and oxygen atoms in total. The molecule has 0 spiro atoms. The number of aliphatic carboxylic acids is 1. The summed E-state index contributed by atoms with van der Waals surface area (Å²) < 4.78 is 8.83. The van der Waals surface area contributed by atoms with Crippen molar-refractivity contribution in [1.29, 1.82) is 0 Å². The second kappa shape index (κ2) is 8.77. The van der Waals surface area contributed by atoms with E-state index >= 15 is 0 Å². The Morgan fingerprint density at radius 2 is 1.48 bits per heavy atom. The van der Waals surface area contributed by atoms with Crippen molar-refractivity contribution in [2.75, 3.05) is 27.3 Å². The number of nitrogens with zero attached hydrogens (tertiary/aromatic N) is 1. The highest BCUT2D eigenvalue weighted by molar-refractivity contribution is 5.87. The summed E-state index contributed by atoms with van der Waals surface area (Å²) in [5.74, 6) is -3.07. The lowest BCUT2D eigenvalue weighted by Gasteiger charge is -2.24. The van der Waals surface area contributed by atoms with Crippen LogP contribution in [0.25, 0.3) is 0 Å². The predicted molar refractivity (Wildman–Crippen MR) is 70.4 cm³/mol. The van der Waals surface area contributed by atoms with Crippen LogP contribution in [0.1, 0.15) is 13.8 Å². The molecule has 120 valence electrons. The summed E-state index contributed by atoms with van der Waals surface area (Å²) in [6, 6.07) is -2.01. The zero-order chi connectivity index (χ0) is 16.6. The van der Waals surface area contributed by atoms with Crippen LogP contribution in [0.2, 0.25) is 0 Å². The molecule has 1 atom stereocenters. The fourth-order valence-corrected chi connectivity index (χ4v) is 1.38. The molecule has 0 aromatic rings. The Hall–Kier alpha value is -2.32. The molecule has 0 saturated heterocycles. The third-order valence-electron chi connectivity index (χ3n) is 2.59. The Morgan fingerprint density at radius 1 is 1.05 bits per heavy atom. The van der Waals surface area contributed by atoms with Crippen molar-refractivity contribution in [3.8, 4) is 0 Å². The van der Waals surface area contributed by atoms with Gasteiger partial charge in [0.25, 0.3) is 0 Å². The molecule has 9 heteroatoms. The van der Waals surface area contributed by atoms with E-state index < -0.39 is 43.1 Å². The zero-order valence-electron chi connectivity index (χ0n) is 12.4. The number of hydrogen-bond donors (Lipinski definition) is 2. The highest BCUT2D eigenvalue weighted by Gasteiger charge is 2.28. The van der Waals surface area contributed by atoms with Gasteiger partial charge in [-0.1, -0.05) is 13.8 Å². The average Bonchev–Trinajstić information content (AvgIpc) is 2.42. The van der Waals surface area contributed by atoms with Crippen molar-refractivity contribution in [3.63, 3.8) is 0 Å². The quantitative estimate of drug-likeness (QED) is 0.605. The van der Waals surface area contributed by atoms with Crippen molar-refractivity contribution in [2.24, 2.45) is 5.92 Å². The van der Waals surface area contributed by atoms with Gasteiger partial charge in [-0.15, -0.1) is 0 Å². The van der Waals surface area contributed by atoms with Crippen molar-refractivity contribution >= 4 is 23.9 Å². The van der Waals surface area contributed by atoms with Crippen LogP contribution in [-0.4, -0.2) is 67.3 Å². The Bertz CT molecular complexity index is 390. The maximum atomic E-state index is 12.0. The largest absolute Gasteiger partial charge is 0.480 e. The first-order chi connectivity index (χ1) is 9.72. The molecule has 0 aromatic carbocycles. The van der Waals surface area contributed by atoms with Gasteiger partial charge in [0.2, 0.25) is 0 Å². The molecule has 0 bridgehead atoms. The molecule has 2 amide bonds. The van der Waals surface area contributed by atoms with Gasteiger partial charge in [0.05, 0.1) is 14.2 Å². The number of methoxy groups -OCH3 is 2. The molecule has 0 heterocycles. The highest BCUT2D eigenvalue weighted by Crippen LogP contribution is 2.03. The highest BCUT2D eigenvalue weighted by atomic mass is 16.5. The summed E-state index contributed by atoms with van der Waals surface area (Å²) in [5, 5.41) is 11.3. The Balaban J connectivity index is 4.95. The molecule has 0 aliphatic carbocycles. The summed E-state index contributed by atoms with van der Waals surface area (Å²) in [4.78, 5) is 46.3. The van der Waals surface area contributed by atoms with E-state index in [2.05, 4.69) is 14.8 Å². The molecule has 0 aromatic heterocycles. The van der Waals surface area contributed by atoms with Gasteiger partial charge >= 0.3 is 23.9 Å². The van der Waals surface area contributed by atoms with E-state index in [1.54, 1.807) is 13.8 Å². The lowest BCUT2D eigenvalue weighted by atomic mass is 10.1. The second-order valence-electron chi connectivity index (χ2n) is 4.52. The van der Waals surface area contributed by atoms with Crippen molar-refractivity contribution in [1.82, 2.24) is 10.2 Å². The summed E-state index contributed by atoms with van der Waals surface area (Å²) in [6.45, 7) is 2.23. The predicted octanol–water partition coefficient (Wildman–Crippen LogP) is -0.547. The standard InChI is InChI=1S/C12H20N2O7/c1-7(2)10(11(17)18)13-12(19)14(5-8(15)20-3)6-9(16)21-4/h7,10H,5-6H2,1-4H3,(H,13,19)(H,17,18)/t10-/m1/s1. The zero-order valence-corrected chi connectivity index (χ0v) is 12.4. The molecule has 0 aliphatic rings. The Kier molecular flexibility index (Phi) is 7.80. The number of esters is 2. The maximum Gasteiger partial charge on any atom is 0.326 e. The second-order valence-corrected chi connectivity index (χ2v) is 4.52. The van der Waals surface area contributed by atoms with Crippen LogP contribution in [0.4, 0.5) is 4.79 Å². The maximum absolute atomic E-state index is 12.0. The van der Waals surface area contributed by atoms with Gasteiger partial charge in [0.15, 0.2) is 0 Å². The summed E-state index contributed by atoms with van der Waals surface area (Å²) in [6.07, 6.45) is 0. The first-order valence-corrected chi connectivity index (χ1v) is 6.14. The molecule has 0 unspecified atom stereocenters. The Morgan fingerprint density at radius 3 is 1.76 bits per heavy atom. The molecule has 0 aliphatic heterocycles. The fraction of sp³-hybridized carbons (Fsp3) is 0.667. The van der Waals surface area contributed by atoms with E-state index in [1.807, 2.05) is 0 Å². The topological polar surface area (TPSA) is 122 Å². The van der Waals surface area contributed by atoms with Crippen LogP contribution in [0.3, 0.4) is 0 Å². The summed E-state index contributed by atoms with van der Waals surface area (Å²) >= 11 is 0. The summed E-state index contributed by atoms with van der Waals surface area (Å²) in [5.41, 5.74) is 0. The number of carboxylic acid groups (broad SMARTS) is 1. The molecule has 0 fully saturated rings. The van der Waals surface area contributed by atoms with Crippen LogP contribution in [-0.2, 0) is 23.9 Å². The van der Waals surface area contributed by atoms with Gasteiger partial charge in [-0.3, -0.25) is 9.59 Å². The van der Waals surface area contributed by atoms with Crippen LogP contribution < -0.4 is 5.32 Å². The van der Waals surface area contributed by atoms with Crippen LogP contribution in [0.15, 0.2) is 0 Å². The van der Waals surface area contributed by atoms with Gasteiger partial charge in [-0.05, 0) is 5.92 Å². The molecule has 0 radical (unpaired) electrons. The third-order valence-corrected chi connectivity index (χ3v) is 2.59. The van der Waals surface area contributed by atoms with Crippen LogP contribution in [0.5, 0.6) is 0 Å². The van der Waals surface area contributed by atoms with E-state index in [0.717, 1.165) is 19.1 Å². The number of rotatable bonds is 7. The monoisotopic (exact) mass is 304 g/mol. The number of carboxylic acids is 1. The van der Waals surface area contributed by atoms with Crippen LogP contribution >= 0.6 is 0 Å². The van der Waals surface area contributed by atoms with E-state index in [1.165, 1.54) is 0 Å². The average molecular weight is 304 g/mol. The Labute approximate surface area is 122 Å². The minimum Gasteiger partial charge on any atom is -0.480 e. The number of amides is 2.